The molecule has 70 heavy (non-hydrogen) atoms. The predicted octanol–water partition coefficient (Wildman–Crippen LogP) is 21.3. The Labute approximate surface area is 443 Å². The first-order chi connectivity index (χ1) is 34.3. The molecule has 0 aliphatic carbocycles. The fourth-order valence-corrected chi connectivity index (χ4v) is 10.9. The van der Waals surface area contributed by atoms with Crippen LogP contribution >= 0.6 is 0 Å². The van der Waals surface area contributed by atoms with E-state index in [1.54, 1.807) is 19.6 Å². The number of benzene rings is 2. The van der Waals surface area contributed by atoms with Gasteiger partial charge in [0.25, 0.3) is 0 Å². The second-order valence-corrected chi connectivity index (χ2v) is 22.8. The molecule has 0 atom stereocenters. The number of nitrogens with zero attached hydrogens (tertiary/aromatic N) is 4. The monoisotopic (exact) mass is 1010 g/mol. The third-order valence-electron chi connectivity index (χ3n) is 14.8. The van der Waals surface area contributed by atoms with E-state index in [0.717, 1.165) is 50.2 Å². The van der Waals surface area contributed by atoms with Crippen molar-refractivity contribution in [1.82, 2.24) is 7.96 Å². The summed E-state index contributed by atoms with van der Waals surface area (Å²) in [4.78, 5) is 0. The van der Waals surface area contributed by atoms with Crippen molar-refractivity contribution < 1.29 is 19.6 Å². The SMILES string of the molecule is CCCCCCCCCCCCCCCCCCCCCCCC1=C(c2ccc(CCCCCCCC)cc2)[N+](=[N-])C(c2cccc(CCCC)c2)=C1CCCCCCCC.CC[N](C)[Ni][N](C)CC. The Balaban J connectivity index is 0.00000169. The van der Waals surface area contributed by atoms with E-state index in [4.69, 9.17) is 0 Å². The summed E-state index contributed by atoms with van der Waals surface area (Å²) in [6.07, 6.45) is 52.2. The maximum atomic E-state index is 12.3. The minimum absolute atomic E-state index is 1.05. The molecule has 2 aromatic rings. The second kappa shape index (κ2) is 44.4. The topological polar surface area (TPSA) is 31.8 Å². The first-order valence-electron chi connectivity index (χ1n) is 30.5. The van der Waals surface area contributed by atoms with Crippen LogP contribution in [0.2, 0.25) is 0 Å². The molecule has 0 unspecified atom stereocenters. The van der Waals surface area contributed by atoms with Crippen LogP contribution in [0.25, 0.3) is 16.9 Å². The summed E-state index contributed by atoms with van der Waals surface area (Å²) >= 11 is 1.59. The Morgan fingerprint density at radius 1 is 0.357 bits per heavy atom. The molecule has 1 aliphatic heterocycles. The molecule has 0 fully saturated rings. The molecule has 1 heterocycles. The van der Waals surface area contributed by atoms with E-state index in [2.05, 4.69) is 112 Å². The van der Waals surface area contributed by atoms with Crippen molar-refractivity contribution in [3.63, 3.8) is 0 Å². The molecular formula is C65H114N4Ni. The van der Waals surface area contributed by atoms with E-state index in [9.17, 15) is 5.53 Å². The van der Waals surface area contributed by atoms with Crippen LogP contribution in [0.1, 0.15) is 301 Å². The van der Waals surface area contributed by atoms with Gasteiger partial charge >= 0.3 is 63.9 Å². The van der Waals surface area contributed by atoms with Gasteiger partial charge in [0, 0.05) is 22.3 Å². The van der Waals surface area contributed by atoms with Crippen LogP contribution in [0.4, 0.5) is 0 Å². The standard InChI is InChI=1S/C59H98N2.2C3H8N.Ni/c1-5-9-13-16-19-20-21-22-23-24-25-26-27-28-29-30-31-32-33-36-39-45-56-57(46-38-35-18-15-11-7-3)59(55-44-40-43-53(51-55)41-12-8-4)61(60)58(56)54-49-47-52(48-50-54)42-37-34-17-14-10-6-2;2*1-3-4-2;/h40,43-44,47-51H,5-39,41-42,45-46H2,1-4H3;2*3H2,1-2H3;/q;2*-1;+2. The van der Waals surface area contributed by atoms with Gasteiger partial charge < -0.3 is 5.53 Å². The quantitative estimate of drug-likeness (QED) is 0.0376. The molecule has 3 rings (SSSR count). The second-order valence-electron chi connectivity index (χ2n) is 21.1. The molecule has 0 radical (unpaired) electrons. The number of hydrogen-bond acceptors (Lipinski definition) is 2. The fourth-order valence-electron chi connectivity index (χ4n) is 10.1. The molecule has 5 heteroatoms. The molecule has 4 nitrogen and oxygen atoms in total. The summed E-state index contributed by atoms with van der Waals surface area (Å²) < 4.78 is 6.06. The van der Waals surface area contributed by atoms with Crippen LogP contribution in [0.15, 0.2) is 59.7 Å². The first kappa shape index (κ1) is 64.0. The van der Waals surface area contributed by atoms with E-state index in [-0.39, 0.29) is 0 Å². The molecule has 0 N–H and O–H groups in total. The number of aryl methyl sites for hydroxylation is 2. The molecule has 0 amide bonds. The molecule has 2 aromatic carbocycles. The van der Waals surface area contributed by atoms with Crippen molar-refractivity contribution in [2.75, 3.05) is 27.2 Å². The zero-order valence-electron chi connectivity index (χ0n) is 47.7. The van der Waals surface area contributed by atoms with Crippen LogP contribution in [-0.4, -0.2) is 39.8 Å². The van der Waals surface area contributed by atoms with Gasteiger partial charge in [-0.05, 0) is 86.8 Å². The third-order valence-corrected chi connectivity index (χ3v) is 16.1. The van der Waals surface area contributed by atoms with Crippen LogP contribution in [0, 0.1) is 0 Å². The van der Waals surface area contributed by atoms with E-state index < -0.39 is 0 Å². The molecule has 404 valence electrons. The Morgan fingerprint density at radius 2 is 0.686 bits per heavy atom. The Morgan fingerprint density at radius 3 is 1.06 bits per heavy atom. The Kier molecular flexibility index (Phi) is 40.6. The average Bonchev–Trinajstić information content (AvgIpc) is 3.65. The van der Waals surface area contributed by atoms with Gasteiger partial charge in [0.05, 0.1) is 0 Å². The summed E-state index contributed by atoms with van der Waals surface area (Å²) in [6.45, 7) is 15.7. The number of allylic oxidation sites excluding steroid dienone is 2. The van der Waals surface area contributed by atoms with Gasteiger partial charge in [0.15, 0.2) is 0 Å². The predicted molar refractivity (Wildman–Crippen MR) is 308 cm³/mol. The zero-order chi connectivity index (χ0) is 50.7. The number of hydrogen-bond donors (Lipinski definition) is 0. The van der Waals surface area contributed by atoms with Crippen molar-refractivity contribution in [2.45, 2.75) is 292 Å². The normalized spacial score (nSPS) is 12.9. The van der Waals surface area contributed by atoms with Crippen LogP contribution in [0.3, 0.4) is 0 Å². The summed E-state index contributed by atoms with van der Waals surface area (Å²) in [5.41, 5.74) is 22.4. The van der Waals surface area contributed by atoms with Crippen molar-refractivity contribution in [1.29, 1.82) is 0 Å². The summed E-state index contributed by atoms with van der Waals surface area (Å²) in [5.74, 6) is 0. The van der Waals surface area contributed by atoms with Crippen molar-refractivity contribution in [2.24, 2.45) is 0 Å². The summed E-state index contributed by atoms with van der Waals surface area (Å²) in [6, 6.07) is 18.4. The van der Waals surface area contributed by atoms with E-state index in [1.165, 1.54) is 258 Å². The average molecular weight is 1010 g/mol. The van der Waals surface area contributed by atoms with Gasteiger partial charge in [-0.2, -0.15) is 0 Å². The molecule has 1 aliphatic rings. The number of unbranched alkanes of at least 4 members (excludes halogenated alkanes) is 31. The Hall–Kier alpha value is -2.07. The fraction of sp³-hybridized carbons (Fsp3) is 0.754. The first-order valence-corrected chi connectivity index (χ1v) is 31.4. The Bertz CT molecular complexity index is 1600. The van der Waals surface area contributed by atoms with E-state index in [0.29, 0.717) is 0 Å². The van der Waals surface area contributed by atoms with Gasteiger partial charge in [0.2, 0.25) is 11.4 Å². The van der Waals surface area contributed by atoms with E-state index in [1.807, 2.05) is 0 Å². The number of rotatable bonds is 45. The van der Waals surface area contributed by atoms with Crippen molar-refractivity contribution >= 4 is 11.4 Å². The molecule has 0 aromatic heterocycles. The van der Waals surface area contributed by atoms with Gasteiger partial charge in [-0.1, -0.05) is 251 Å². The third kappa shape index (κ3) is 29.6. The molecule has 0 saturated heterocycles. The van der Waals surface area contributed by atoms with Gasteiger partial charge in [0.1, 0.15) is 0 Å². The molecule has 0 saturated carbocycles. The van der Waals surface area contributed by atoms with Gasteiger partial charge in [-0.3, -0.25) is 0 Å². The summed E-state index contributed by atoms with van der Waals surface area (Å²) in [7, 11) is 4.21. The van der Waals surface area contributed by atoms with Crippen LogP contribution in [-0.2, 0) is 27.7 Å². The van der Waals surface area contributed by atoms with E-state index >= 15 is 0 Å². The van der Waals surface area contributed by atoms with Crippen molar-refractivity contribution in [3.8, 4) is 0 Å². The molecule has 0 spiro atoms. The molecular weight excluding hydrogens is 895 g/mol. The van der Waals surface area contributed by atoms with Gasteiger partial charge in [-0.15, -0.1) is 0 Å². The van der Waals surface area contributed by atoms with Crippen LogP contribution in [0.5, 0.6) is 0 Å². The van der Waals surface area contributed by atoms with Crippen LogP contribution < -0.4 is 0 Å². The van der Waals surface area contributed by atoms with Gasteiger partial charge in [-0.25, -0.2) is 4.70 Å². The summed E-state index contributed by atoms with van der Waals surface area (Å²) in [5, 5.41) is 0. The maximum absolute atomic E-state index is 12.3. The molecule has 0 bridgehead atoms. The minimum atomic E-state index is 1.05. The zero-order valence-corrected chi connectivity index (χ0v) is 48.7. The van der Waals surface area contributed by atoms with Crippen molar-refractivity contribution in [3.05, 3.63) is 87.5 Å².